The number of nitrogens with zero attached hydrogens (tertiary/aromatic N) is 1. The monoisotopic (exact) mass is 386 g/mol. The highest BCUT2D eigenvalue weighted by atomic mass is 14.9. The third-order valence-corrected chi connectivity index (χ3v) is 7.39. The predicted octanol–water partition coefficient (Wildman–Crippen LogP) is 7.58. The van der Waals surface area contributed by atoms with Gasteiger partial charge in [0.05, 0.1) is 11.4 Å². The van der Waals surface area contributed by atoms with Crippen LogP contribution in [0.15, 0.2) is 42.6 Å². The molecule has 2 aromatic rings. The molecule has 5 rings (SSSR count). The minimum absolute atomic E-state index is 0.710. The molecule has 0 bridgehead atoms. The molecule has 2 fully saturated rings. The molecule has 0 radical (unpaired) electrons. The summed E-state index contributed by atoms with van der Waals surface area (Å²) in [6, 6.07) is 11.5. The summed E-state index contributed by atoms with van der Waals surface area (Å²) in [6.07, 6.45) is 20.2. The SMILES string of the molecule is C1=C(Nc2c(C3CCCCC3)cccc2C2CCCCC2)c2ncccc2CC1. The number of benzene rings is 1. The van der Waals surface area contributed by atoms with E-state index in [1.807, 2.05) is 6.20 Å². The van der Waals surface area contributed by atoms with Gasteiger partial charge in [-0.15, -0.1) is 0 Å². The summed E-state index contributed by atoms with van der Waals surface area (Å²) in [7, 11) is 0. The summed E-state index contributed by atoms with van der Waals surface area (Å²) >= 11 is 0. The van der Waals surface area contributed by atoms with Crippen LogP contribution in [0.2, 0.25) is 0 Å². The molecule has 3 aliphatic rings. The van der Waals surface area contributed by atoms with Gasteiger partial charge in [-0.05, 0) is 73.1 Å². The largest absolute Gasteiger partial charge is 0.354 e. The highest BCUT2D eigenvalue weighted by Gasteiger charge is 2.26. The van der Waals surface area contributed by atoms with Crippen LogP contribution in [0.3, 0.4) is 0 Å². The van der Waals surface area contributed by atoms with Crippen molar-refractivity contribution in [1.29, 1.82) is 0 Å². The van der Waals surface area contributed by atoms with Crippen LogP contribution in [0, 0.1) is 0 Å². The smallest absolute Gasteiger partial charge is 0.0893 e. The first kappa shape index (κ1) is 18.9. The van der Waals surface area contributed by atoms with E-state index in [2.05, 4.69) is 41.7 Å². The first-order valence-corrected chi connectivity index (χ1v) is 11.9. The van der Waals surface area contributed by atoms with E-state index in [9.17, 15) is 0 Å². The molecule has 0 atom stereocenters. The van der Waals surface area contributed by atoms with Gasteiger partial charge in [-0.3, -0.25) is 4.98 Å². The lowest BCUT2D eigenvalue weighted by Gasteiger charge is -2.31. The lowest BCUT2D eigenvalue weighted by Crippen LogP contribution is -2.15. The van der Waals surface area contributed by atoms with E-state index in [1.54, 1.807) is 11.1 Å². The Morgan fingerprint density at radius 3 is 2.07 bits per heavy atom. The number of para-hydroxylation sites is 1. The molecule has 1 aromatic heterocycles. The summed E-state index contributed by atoms with van der Waals surface area (Å²) < 4.78 is 0. The zero-order chi connectivity index (χ0) is 19.5. The molecule has 0 aliphatic heterocycles. The molecule has 0 saturated heterocycles. The maximum absolute atomic E-state index is 4.75. The van der Waals surface area contributed by atoms with Gasteiger partial charge in [-0.2, -0.15) is 0 Å². The summed E-state index contributed by atoms with van der Waals surface area (Å²) in [5.41, 5.74) is 8.33. The van der Waals surface area contributed by atoms with E-state index in [0.29, 0.717) is 11.8 Å². The molecule has 1 aromatic carbocycles. The second kappa shape index (κ2) is 8.73. The van der Waals surface area contributed by atoms with Crippen LogP contribution in [0.5, 0.6) is 0 Å². The quantitative estimate of drug-likeness (QED) is 0.586. The lowest BCUT2D eigenvalue weighted by atomic mass is 9.78. The van der Waals surface area contributed by atoms with Crippen molar-refractivity contribution in [3.8, 4) is 0 Å². The number of fused-ring (bicyclic) bond motifs is 1. The summed E-state index contributed by atoms with van der Waals surface area (Å²) in [5.74, 6) is 1.42. The van der Waals surface area contributed by atoms with Crippen LogP contribution in [-0.2, 0) is 6.42 Å². The highest BCUT2D eigenvalue weighted by molar-refractivity contribution is 5.81. The fraction of sp³-hybridized carbons (Fsp3) is 0.519. The third-order valence-electron chi connectivity index (χ3n) is 7.39. The number of anilines is 1. The number of aromatic nitrogens is 1. The number of allylic oxidation sites excluding steroid dienone is 1. The average molecular weight is 387 g/mol. The van der Waals surface area contributed by atoms with Crippen LogP contribution in [-0.4, -0.2) is 4.98 Å². The number of hydrogen-bond acceptors (Lipinski definition) is 2. The van der Waals surface area contributed by atoms with Gasteiger partial charge in [0, 0.05) is 11.9 Å². The van der Waals surface area contributed by atoms with E-state index in [4.69, 9.17) is 4.98 Å². The number of aryl methyl sites for hydroxylation is 1. The van der Waals surface area contributed by atoms with Crippen LogP contribution in [0.4, 0.5) is 5.69 Å². The molecule has 2 heteroatoms. The predicted molar refractivity (Wildman–Crippen MR) is 122 cm³/mol. The minimum Gasteiger partial charge on any atom is -0.354 e. The molecular formula is C27H34N2. The second-order valence-electron chi connectivity index (χ2n) is 9.27. The molecular weight excluding hydrogens is 352 g/mol. The molecule has 2 nitrogen and oxygen atoms in total. The third kappa shape index (κ3) is 3.99. The number of pyridine rings is 1. The molecule has 1 N–H and O–H groups in total. The van der Waals surface area contributed by atoms with Crippen molar-refractivity contribution in [2.75, 3.05) is 5.32 Å². The van der Waals surface area contributed by atoms with E-state index in [0.717, 1.165) is 18.5 Å². The maximum Gasteiger partial charge on any atom is 0.0893 e. The van der Waals surface area contributed by atoms with Crippen molar-refractivity contribution in [2.24, 2.45) is 0 Å². The van der Waals surface area contributed by atoms with Crippen LogP contribution >= 0.6 is 0 Å². The van der Waals surface area contributed by atoms with Gasteiger partial charge in [0.25, 0.3) is 0 Å². The molecule has 0 unspecified atom stereocenters. The molecule has 3 aliphatic carbocycles. The molecule has 0 spiro atoms. The Balaban J connectivity index is 1.54. The van der Waals surface area contributed by atoms with Gasteiger partial charge in [-0.1, -0.05) is 68.9 Å². The first-order valence-electron chi connectivity index (χ1n) is 11.9. The van der Waals surface area contributed by atoms with Gasteiger partial charge in [0.2, 0.25) is 0 Å². The average Bonchev–Trinajstić information content (AvgIpc) is 2.81. The van der Waals surface area contributed by atoms with Crippen molar-refractivity contribution < 1.29 is 0 Å². The van der Waals surface area contributed by atoms with E-state index in [1.165, 1.54) is 81.2 Å². The van der Waals surface area contributed by atoms with Gasteiger partial charge >= 0.3 is 0 Å². The Kier molecular flexibility index (Phi) is 5.69. The molecule has 1 heterocycles. The van der Waals surface area contributed by atoms with Crippen molar-refractivity contribution in [2.45, 2.75) is 88.9 Å². The number of hydrogen-bond donors (Lipinski definition) is 1. The normalized spacial score (nSPS) is 20.8. The van der Waals surface area contributed by atoms with E-state index in [-0.39, 0.29) is 0 Å². The number of nitrogens with one attached hydrogen (secondary N) is 1. The molecule has 152 valence electrons. The summed E-state index contributed by atoms with van der Waals surface area (Å²) in [6.45, 7) is 0. The Bertz CT molecular complexity index is 834. The fourth-order valence-corrected chi connectivity index (χ4v) is 5.84. The molecule has 2 saturated carbocycles. The van der Waals surface area contributed by atoms with Gasteiger partial charge < -0.3 is 5.32 Å². The standard InChI is InChI=1S/C27H34N2/c1-3-10-20(11-4-1)23-16-8-17-24(21-12-5-2-6-13-21)27(23)29-25-18-7-14-22-15-9-19-28-26(22)25/h8-9,15-21,29H,1-7,10-14H2. The molecule has 29 heavy (non-hydrogen) atoms. The second-order valence-corrected chi connectivity index (χ2v) is 9.27. The van der Waals surface area contributed by atoms with Crippen LogP contribution in [0.25, 0.3) is 5.70 Å². The van der Waals surface area contributed by atoms with Crippen molar-refractivity contribution in [1.82, 2.24) is 4.98 Å². The van der Waals surface area contributed by atoms with Gasteiger partial charge in [-0.25, -0.2) is 0 Å². The zero-order valence-electron chi connectivity index (χ0n) is 17.6. The topological polar surface area (TPSA) is 24.9 Å². The van der Waals surface area contributed by atoms with E-state index < -0.39 is 0 Å². The van der Waals surface area contributed by atoms with Crippen LogP contribution < -0.4 is 5.32 Å². The van der Waals surface area contributed by atoms with Crippen molar-refractivity contribution in [3.63, 3.8) is 0 Å². The fourth-order valence-electron chi connectivity index (χ4n) is 5.84. The Morgan fingerprint density at radius 2 is 1.41 bits per heavy atom. The first-order chi connectivity index (χ1) is 14.4. The lowest BCUT2D eigenvalue weighted by molar-refractivity contribution is 0.437. The minimum atomic E-state index is 0.710. The zero-order valence-corrected chi connectivity index (χ0v) is 17.6. The number of rotatable bonds is 4. The van der Waals surface area contributed by atoms with Gasteiger partial charge in [0.15, 0.2) is 0 Å². The van der Waals surface area contributed by atoms with Crippen molar-refractivity contribution in [3.05, 3.63) is 65.0 Å². The maximum atomic E-state index is 4.75. The van der Waals surface area contributed by atoms with Gasteiger partial charge in [0.1, 0.15) is 0 Å². The summed E-state index contributed by atoms with van der Waals surface area (Å²) in [4.78, 5) is 4.75. The summed E-state index contributed by atoms with van der Waals surface area (Å²) in [5, 5.41) is 3.97. The van der Waals surface area contributed by atoms with Crippen molar-refractivity contribution >= 4 is 11.4 Å². The molecule has 0 amide bonds. The van der Waals surface area contributed by atoms with Crippen LogP contribution in [0.1, 0.15) is 105 Å². The Morgan fingerprint density at radius 1 is 0.759 bits per heavy atom. The Labute approximate surface area is 175 Å². The highest BCUT2D eigenvalue weighted by Crippen LogP contribution is 2.44. The Hall–Kier alpha value is -2.09. The van der Waals surface area contributed by atoms with E-state index >= 15 is 0 Å².